The molecule has 0 aliphatic rings. The molecule has 0 saturated carbocycles. The molecule has 0 atom stereocenters. The molecule has 0 saturated heterocycles. The minimum atomic E-state index is -0.218. The Morgan fingerprint density at radius 3 is 2.25 bits per heavy atom. The third-order valence-electron chi connectivity index (χ3n) is 2.87. The number of thiazole rings is 1. The summed E-state index contributed by atoms with van der Waals surface area (Å²) in [6.45, 7) is 5.66. The van der Waals surface area contributed by atoms with Crippen molar-refractivity contribution in [3.05, 3.63) is 46.5 Å². The number of benzene rings is 1. The van der Waals surface area contributed by atoms with Crippen LogP contribution in [0.5, 0.6) is 0 Å². The molecule has 5 heteroatoms. The van der Waals surface area contributed by atoms with Crippen LogP contribution in [0.25, 0.3) is 0 Å². The second kappa shape index (κ2) is 5.96. The van der Waals surface area contributed by atoms with Crippen molar-refractivity contribution in [3.63, 3.8) is 0 Å². The Bertz CT molecular complexity index is 630. The Morgan fingerprint density at radius 2 is 1.75 bits per heavy atom. The van der Waals surface area contributed by atoms with E-state index in [4.69, 9.17) is 0 Å². The van der Waals surface area contributed by atoms with Gasteiger partial charge in [0.05, 0.1) is 0 Å². The number of ketones is 1. The Morgan fingerprint density at radius 1 is 1.15 bits per heavy atom. The van der Waals surface area contributed by atoms with Gasteiger partial charge in [0.1, 0.15) is 0 Å². The number of hydrogen-bond acceptors (Lipinski definition) is 4. The van der Waals surface area contributed by atoms with Crippen LogP contribution in [0.4, 0.5) is 5.13 Å². The molecule has 1 aromatic carbocycles. The van der Waals surface area contributed by atoms with Crippen molar-refractivity contribution < 1.29 is 9.59 Å². The van der Waals surface area contributed by atoms with E-state index in [1.165, 1.54) is 18.3 Å². The highest BCUT2D eigenvalue weighted by Gasteiger charge is 2.11. The first-order valence-electron chi connectivity index (χ1n) is 6.35. The van der Waals surface area contributed by atoms with Crippen molar-refractivity contribution in [1.29, 1.82) is 0 Å². The molecule has 1 aromatic heterocycles. The van der Waals surface area contributed by atoms with Gasteiger partial charge >= 0.3 is 0 Å². The SMILES string of the molecule is CC(=O)c1ccc(C(=O)Nc2ncc(C(C)C)s2)cc1. The van der Waals surface area contributed by atoms with E-state index in [0.29, 0.717) is 22.2 Å². The molecule has 0 radical (unpaired) electrons. The predicted octanol–water partition coefficient (Wildman–Crippen LogP) is 3.72. The Kier molecular flexibility index (Phi) is 4.29. The van der Waals surface area contributed by atoms with E-state index in [1.54, 1.807) is 30.5 Å². The maximum atomic E-state index is 12.0. The molecule has 1 amide bonds. The third-order valence-corrected chi connectivity index (χ3v) is 4.08. The maximum absolute atomic E-state index is 12.0. The second-order valence-corrected chi connectivity index (χ2v) is 5.87. The molecule has 0 aliphatic carbocycles. The molecule has 0 fully saturated rings. The maximum Gasteiger partial charge on any atom is 0.257 e. The minimum absolute atomic E-state index is 0.0153. The first kappa shape index (κ1) is 14.4. The lowest BCUT2D eigenvalue weighted by molar-refractivity contribution is 0.100. The molecule has 2 rings (SSSR count). The highest BCUT2D eigenvalue weighted by atomic mass is 32.1. The molecule has 2 aromatic rings. The van der Waals surface area contributed by atoms with Crippen LogP contribution in [0.1, 0.15) is 52.3 Å². The minimum Gasteiger partial charge on any atom is -0.298 e. The molecular weight excluding hydrogens is 272 g/mol. The molecule has 1 heterocycles. The van der Waals surface area contributed by atoms with Crippen LogP contribution in [-0.4, -0.2) is 16.7 Å². The van der Waals surface area contributed by atoms with Gasteiger partial charge in [-0.15, -0.1) is 11.3 Å². The quantitative estimate of drug-likeness (QED) is 0.872. The summed E-state index contributed by atoms with van der Waals surface area (Å²) in [5.41, 5.74) is 1.11. The fourth-order valence-corrected chi connectivity index (χ4v) is 2.45. The number of aromatic nitrogens is 1. The van der Waals surface area contributed by atoms with Crippen molar-refractivity contribution in [3.8, 4) is 0 Å². The van der Waals surface area contributed by atoms with Crippen LogP contribution >= 0.6 is 11.3 Å². The molecular formula is C15H16N2O2S. The highest BCUT2D eigenvalue weighted by molar-refractivity contribution is 7.15. The number of carbonyl (C=O) groups excluding carboxylic acids is 2. The van der Waals surface area contributed by atoms with Crippen LogP contribution in [-0.2, 0) is 0 Å². The van der Waals surface area contributed by atoms with E-state index < -0.39 is 0 Å². The number of rotatable bonds is 4. The molecule has 0 unspecified atom stereocenters. The smallest absolute Gasteiger partial charge is 0.257 e. The number of carbonyl (C=O) groups is 2. The van der Waals surface area contributed by atoms with E-state index in [-0.39, 0.29) is 11.7 Å². The lowest BCUT2D eigenvalue weighted by atomic mass is 10.1. The first-order chi connectivity index (χ1) is 9.47. The highest BCUT2D eigenvalue weighted by Crippen LogP contribution is 2.25. The van der Waals surface area contributed by atoms with Gasteiger partial charge in [0.15, 0.2) is 10.9 Å². The fourth-order valence-electron chi connectivity index (χ4n) is 1.64. The van der Waals surface area contributed by atoms with E-state index in [9.17, 15) is 9.59 Å². The first-order valence-corrected chi connectivity index (χ1v) is 7.17. The summed E-state index contributed by atoms with van der Waals surface area (Å²) in [5.74, 6) is 0.163. The Hall–Kier alpha value is -2.01. The number of amides is 1. The van der Waals surface area contributed by atoms with Gasteiger partial charge in [-0.2, -0.15) is 0 Å². The molecule has 20 heavy (non-hydrogen) atoms. The van der Waals surface area contributed by atoms with E-state index in [1.807, 2.05) is 0 Å². The Labute approximate surface area is 121 Å². The number of Topliss-reactive ketones (excluding diaryl/α,β-unsaturated/α-hetero) is 1. The number of nitrogens with one attached hydrogen (secondary N) is 1. The van der Waals surface area contributed by atoms with Gasteiger partial charge in [0.2, 0.25) is 0 Å². The molecule has 0 bridgehead atoms. The summed E-state index contributed by atoms with van der Waals surface area (Å²) >= 11 is 1.47. The summed E-state index contributed by atoms with van der Waals surface area (Å²) in [5, 5.41) is 3.36. The molecule has 1 N–H and O–H groups in total. The van der Waals surface area contributed by atoms with Crippen LogP contribution in [0.3, 0.4) is 0 Å². The van der Waals surface area contributed by atoms with Crippen molar-refractivity contribution in [2.75, 3.05) is 5.32 Å². The summed E-state index contributed by atoms with van der Waals surface area (Å²) in [4.78, 5) is 28.5. The summed E-state index contributed by atoms with van der Waals surface area (Å²) in [7, 11) is 0. The average Bonchev–Trinajstić information content (AvgIpc) is 2.87. The van der Waals surface area contributed by atoms with Crippen molar-refractivity contribution in [1.82, 2.24) is 4.98 Å². The van der Waals surface area contributed by atoms with E-state index in [0.717, 1.165) is 4.88 Å². The monoisotopic (exact) mass is 288 g/mol. The van der Waals surface area contributed by atoms with Crippen molar-refractivity contribution in [2.24, 2.45) is 0 Å². The topological polar surface area (TPSA) is 59.1 Å². The number of anilines is 1. The van der Waals surface area contributed by atoms with E-state index >= 15 is 0 Å². The molecule has 104 valence electrons. The van der Waals surface area contributed by atoms with Gasteiger partial charge in [0.25, 0.3) is 5.91 Å². The summed E-state index contributed by atoms with van der Waals surface area (Å²) < 4.78 is 0. The zero-order chi connectivity index (χ0) is 14.7. The van der Waals surface area contributed by atoms with Gasteiger partial charge in [0, 0.05) is 22.2 Å². The largest absolute Gasteiger partial charge is 0.298 e. The standard InChI is InChI=1S/C15H16N2O2S/c1-9(2)13-8-16-15(20-13)17-14(19)12-6-4-11(5-7-12)10(3)18/h4-9H,1-3H3,(H,16,17,19). The molecule has 0 aliphatic heterocycles. The van der Waals surface area contributed by atoms with Gasteiger partial charge in [-0.3, -0.25) is 14.9 Å². The molecule has 4 nitrogen and oxygen atoms in total. The lowest BCUT2D eigenvalue weighted by Gasteiger charge is -2.02. The van der Waals surface area contributed by atoms with Crippen molar-refractivity contribution in [2.45, 2.75) is 26.7 Å². The van der Waals surface area contributed by atoms with Gasteiger partial charge in [-0.1, -0.05) is 26.0 Å². The average molecular weight is 288 g/mol. The summed E-state index contributed by atoms with van der Waals surface area (Å²) in [6, 6.07) is 6.59. The Balaban J connectivity index is 2.09. The van der Waals surface area contributed by atoms with Crippen LogP contribution < -0.4 is 5.32 Å². The van der Waals surface area contributed by atoms with Crippen molar-refractivity contribution >= 4 is 28.2 Å². The number of hydrogen-bond donors (Lipinski definition) is 1. The van der Waals surface area contributed by atoms with E-state index in [2.05, 4.69) is 24.1 Å². The number of nitrogens with zero attached hydrogens (tertiary/aromatic N) is 1. The third kappa shape index (κ3) is 3.30. The van der Waals surface area contributed by atoms with Gasteiger partial charge in [-0.25, -0.2) is 4.98 Å². The van der Waals surface area contributed by atoms with Crippen LogP contribution in [0, 0.1) is 0 Å². The molecule has 0 spiro atoms. The van der Waals surface area contributed by atoms with Crippen LogP contribution in [0.2, 0.25) is 0 Å². The normalized spacial score (nSPS) is 10.6. The van der Waals surface area contributed by atoms with Gasteiger partial charge < -0.3 is 0 Å². The zero-order valence-electron chi connectivity index (χ0n) is 11.6. The fraction of sp³-hybridized carbons (Fsp3) is 0.267. The van der Waals surface area contributed by atoms with Crippen LogP contribution in [0.15, 0.2) is 30.5 Å². The van der Waals surface area contributed by atoms with Gasteiger partial charge in [-0.05, 0) is 25.0 Å². The lowest BCUT2D eigenvalue weighted by Crippen LogP contribution is -2.11. The summed E-state index contributed by atoms with van der Waals surface area (Å²) in [6.07, 6.45) is 1.78. The second-order valence-electron chi connectivity index (χ2n) is 4.81. The predicted molar refractivity (Wildman–Crippen MR) is 80.6 cm³/mol. The zero-order valence-corrected chi connectivity index (χ0v) is 12.5.